The Balaban J connectivity index is 2.05. The van der Waals surface area contributed by atoms with Crippen LogP contribution in [0.15, 0.2) is 41.5 Å². The molecule has 1 aliphatic rings. The van der Waals surface area contributed by atoms with E-state index in [-0.39, 0.29) is 12.5 Å². The summed E-state index contributed by atoms with van der Waals surface area (Å²) in [6, 6.07) is 9.81. The normalized spacial score (nSPS) is 14.3. The quantitative estimate of drug-likeness (QED) is 0.875. The highest BCUT2D eigenvalue weighted by molar-refractivity contribution is 5.96. The molecule has 2 rings (SSSR count). The van der Waals surface area contributed by atoms with E-state index in [1.807, 2.05) is 37.3 Å². The molecule has 4 heteroatoms. The average Bonchev–Trinajstić information content (AvgIpc) is 2.89. The summed E-state index contributed by atoms with van der Waals surface area (Å²) < 4.78 is 0. The van der Waals surface area contributed by atoms with Crippen LogP contribution >= 0.6 is 0 Å². The standard InChI is InChI=1S/C17H21NO3/c1-13-6-5-9-15(13)17(21)18(12-16(19)20)11-10-14-7-3-2-4-8-14/h2-4,7-8H,5-6,9-12H2,1H3,(H,19,20). The highest BCUT2D eigenvalue weighted by atomic mass is 16.4. The van der Waals surface area contributed by atoms with Crippen LogP contribution in [0.4, 0.5) is 0 Å². The van der Waals surface area contributed by atoms with Crippen molar-refractivity contribution in [2.24, 2.45) is 0 Å². The Labute approximate surface area is 125 Å². The monoisotopic (exact) mass is 287 g/mol. The third-order valence-electron chi connectivity index (χ3n) is 3.88. The molecule has 1 aromatic carbocycles. The molecule has 0 bridgehead atoms. The lowest BCUT2D eigenvalue weighted by Gasteiger charge is -2.22. The lowest BCUT2D eigenvalue weighted by molar-refractivity contribution is -0.143. The van der Waals surface area contributed by atoms with Crippen molar-refractivity contribution in [3.05, 3.63) is 47.0 Å². The van der Waals surface area contributed by atoms with Gasteiger partial charge in [0.1, 0.15) is 6.54 Å². The second kappa shape index (κ2) is 7.07. The Kier molecular flexibility index (Phi) is 5.14. The van der Waals surface area contributed by atoms with Crippen LogP contribution in [-0.4, -0.2) is 35.0 Å². The van der Waals surface area contributed by atoms with Crippen LogP contribution < -0.4 is 0 Å². The zero-order chi connectivity index (χ0) is 15.2. The first kappa shape index (κ1) is 15.3. The van der Waals surface area contributed by atoms with E-state index in [0.717, 1.165) is 36.0 Å². The highest BCUT2D eigenvalue weighted by Crippen LogP contribution is 2.27. The minimum Gasteiger partial charge on any atom is -0.480 e. The molecule has 0 unspecified atom stereocenters. The van der Waals surface area contributed by atoms with Crippen molar-refractivity contribution in [3.63, 3.8) is 0 Å². The third-order valence-corrected chi connectivity index (χ3v) is 3.88. The van der Waals surface area contributed by atoms with Crippen LogP contribution in [0.1, 0.15) is 31.7 Å². The molecular formula is C17H21NO3. The molecule has 4 nitrogen and oxygen atoms in total. The molecule has 0 aliphatic heterocycles. The molecule has 0 radical (unpaired) electrons. The Morgan fingerprint density at radius 1 is 1.19 bits per heavy atom. The number of carbonyl (C=O) groups is 2. The van der Waals surface area contributed by atoms with Crippen LogP contribution in [0.25, 0.3) is 0 Å². The van der Waals surface area contributed by atoms with Crippen molar-refractivity contribution >= 4 is 11.9 Å². The van der Waals surface area contributed by atoms with E-state index >= 15 is 0 Å². The number of hydrogen-bond acceptors (Lipinski definition) is 2. The molecule has 21 heavy (non-hydrogen) atoms. The fourth-order valence-corrected chi connectivity index (χ4v) is 2.70. The number of amides is 1. The van der Waals surface area contributed by atoms with Crippen molar-refractivity contribution in [2.75, 3.05) is 13.1 Å². The summed E-state index contributed by atoms with van der Waals surface area (Å²) in [7, 11) is 0. The van der Waals surface area contributed by atoms with Gasteiger partial charge in [0.2, 0.25) is 5.91 Å². The van der Waals surface area contributed by atoms with Gasteiger partial charge in [0.05, 0.1) is 0 Å². The predicted octanol–water partition coefficient (Wildman–Crippen LogP) is 2.64. The summed E-state index contributed by atoms with van der Waals surface area (Å²) in [6.45, 7) is 2.17. The largest absolute Gasteiger partial charge is 0.480 e. The summed E-state index contributed by atoms with van der Waals surface area (Å²) in [4.78, 5) is 25.0. The minimum atomic E-state index is -0.965. The van der Waals surface area contributed by atoms with Gasteiger partial charge in [0, 0.05) is 12.1 Å². The second-order valence-corrected chi connectivity index (χ2v) is 5.47. The number of nitrogens with zero attached hydrogens (tertiary/aromatic N) is 1. The molecule has 0 fully saturated rings. The smallest absolute Gasteiger partial charge is 0.323 e. The summed E-state index contributed by atoms with van der Waals surface area (Å²) in [5.74, 6) is -1.07. The molecule has 0 saturated heterocycles. The van der Waals surface area contributed by atoms with Crippen molar-refractivity contribution in [1.29, 1.82) is 0 Å². The van der Waals surface area contributed by atoms with Gasteiger partial charge in [-0.1, -0.05) is 35.9 Å². The number of carboxylic acid groups (broad SMARTS) is 1. The maximum absolute atomic E-state index is 12.5. The summed E-state index contributed by atoms with van der Waals surface area (Å²) in [5.41, 5.74) is 3.03. The Hall–Kier alpha value is -2.10. The number of carbonyl (C=O) groups excluding carboxylic acids is 1. The van der Waals surface area contributed by atoms with Crippen molar-refractivity contribution in [3.8, 4) is 0 Å². The van der Waals surface area contributed by atoms with E-state index < -0.39 is 5.97 Å². The number of hydrogen-bond donors (Lipinski definition) is 1. The lowest BCUT2D eigenvalue weighted by Crippen LogP contribution is -2.38. The van der Waals surface area contributed by atoms with Gasteiger partial charge in [0.25, 0.3) is 0 Å². The van der Waals surface area contributed by atoms with E-state index in [4.69, 9.17) is 5.11 Å². The predicted molar refractivity (Wildman–Crippen MR) is 80.9 cm³/mol. The number of allylic oxidation sites excluding steroid dienone is 1. The maximum Gasteiger partial charge on any atom is 0.323 e. The number of aliphatic carboxylic acids is 1. The summed E-state index contributed by atoms with van der Waals surface area (Å²) >= 11 is 0. The van der Waals surface area contributed by atoms with E-state index in [1.54, 1.807) is 0 Å². The zero-order valence-electron chi connectivity index (χ0n) is 12.3. The van der Waals surface area contributed by atoms with Crippen LogP contribution in [0.5, 0.6) is 0 Å². The molecular weight excluding hydrogens is 266 g/mol. The van der Waals surface area contributed by atoms with Crippen molar-refractivity contribution in [1.82, 2.24) is 4.90 Å². The van der Waals surface area contributed by atoms with Crippen LogP contribution in [-0.2, 0) is 16.0 Å². The Morgan fingerprint density at radius 2 is 1.90 bits per heavy atom. The molecule has 0 spiro atoms. The Morgan fingerprint density at radius 3 is 2.48 bits per heavy atom. The van der Waals surface area contributed by atoms with Crippen LogP contribution in [0, 0.1) is 0 Å². The van der Waals surface area contributed by atoms with Gasteiger partial charge >= 0.3 is 5.97 Å². The van der Waals surface area contributed by atoms with E-state index in [2.05, 4.69) is 0 Å². The second-order valence-electron chi connectivity index (χ2n) is 5.47. The van der Waals surface area contributed by atoms with Gasteiger partial charge < -0.3 is 10.0 Å². The fraction of sp³-hybridized carbons (Fsp3) is 0.412. The van der Waals surface area contributed by atoms with E-state index in [1.165, 1.54) is 4.90 Å². The lowest BCUT2D eigenvalue weighted by atomic mass is 10.1. The molecule has 0 aromatic heterocycles. The molecule has 112 valence electrons. The van der Waals surface area contributed by atoms with Gasteiger partial charge in [0.15, 0.2) is 0 Å². The SMILES string of the molecule is CC1=C(C(=O)N(CCc2ccccc2)CC(=O)O)CCC1. The number of benzene rings is 1. The molecule has 1 aromatic rings. The van der Waals surface area contributed by atoms with Crippen molar-refractivity contribution < 1.29 is 14.7 Å². The maximum atomic E-state index is 12.5. The van der Waals surface area contributed by atoms with Crippen LogP contribution in [0.2, 0.25) is 0 Å². The van der Waals surface area contributed by atoms with Gasteiger partial charge in [-0.2, -0.15) is 0 Å². The van der Waals surface area contributed by atoms with Gasteiger partial charge in [-0.25, -0.2) is 0 Å². The molecule has 1 aliphatic carbocycles. The van der Waals surface area contributed by atoms with Crippen molar-refractivity contribution in [2.45, 2.75) is 32.6 Å². The first-order chi connectivity index (χ1) is 10.1. The number of rotatable bonds is 6. The highest BCUT2D eigenvalue weighted by Gasteiger charge is 2.24. The zero-order valence-corrected chi connectivity index (χ0v) is 12.3. The minimum absolute atomic E-state index is 0.108. The molecule has 0 atom stereocenters. The van der Waals surface area contributed by atoms with E-state index in [9.17, 15) is 9.59 Å². The Bertz CT molecular complexity index is 548. The summed E-state index contributed by atoms with van der Waals surface area (Å²) in [5, 5.41) is 9.03. The van der Waals surface area contributed by atoms with Gasteiger partial charge in [-0.3, -0.25) is 9.59 Å². The topological polar surface area (TPSA) is 57.6 Å². The molecule has 0 heterocycles. The van der Waals surface area contributed by atoms with Crippen LogP contribution in [0.3, 0.4) is 0 Å². The molecule has 1 N–H and O–H groups in total. The average molecular weight is 287 g/mol. The van der Waals surface area contributed by atoms with Gasteiger partial charge in [-0.15, -0.1) is 0 Å². The van der Waals surface area contributed by atoms with E-state index in [0.29, 0.717) is 13.0 Å². The fourth-order valence-electron chi connectivity index (χ4n) is 2.70. The molecule has 1 amide bonds. The number of carboxylic acids is 1. The van der Waals surface area contributed by atoms with Gasteiger partial charge in [-0.05, 0) is 38.2 Å². The first-order valence-electron chi connectivity index (χ1n) is 7.31. The first-order valence-corrected chi connectivity index (χ1v) is 7.31. The molecule has 0 saturated carbocycles. The summed E-state index contributed by atoms with van der Waals surface area (Å²) in [6.07, 6.45) is 3.38. The third kappa shape index (κ3) is 4.18.